The molecular formula is C20H23FN2O2. The van der Waals surface area contributed by atoms with Crippen molar-refractivity contribution in [1.82, 2.24) is 0 Å². The van der Waals surface area contributed by atoms with Crippen molar-refractivity contribution in [2.45, 2.75) is 27.7 Å². The maximum Gasteiger partial charge on any atom is 0.230 e. The number of hydrogen-bond donors (Lipinski definition) is 1. The monoisotopic (exact) mass is 342 g/mol. The summed E-state index contributed by atoms with van der Waals surface area (Å²) in [6.45, 7) is 7.75. The number of ether oxygens (including phenoxy) is 1. The molecule has 4 nitrogen and oxygen atoms in total. The maximum absolute atomic E-state index is 12.8. The van der Waals surface area contributed by atoms with Crippen molar-refractivity contribution in [2.75, 3.05) is 11.9 Å². The van der Waals surface area contributed by atoms with Crippen LogP contribution in [-0.2, 0) is 4.79 Å². The van der Waals surface area contributed by atoms with Gasteiger partial charge in [0.2, 0.25) is 5.91 Å². The number of benzene rings is 2. The number of carbonyl (C=O) groups excluding carboxylic acids is 1. The average Bonchev–Trinajstić information content (AvgIpc) is 2.63. The Morgan fingerprint density at radius 2 is 1.88 bits per heavy atom. The highest BCUT2D eigenvalue weighted by Gasteiger charge is 2.14. The van der Waals surface area contributed by atoms with Gasteiger partial charge in [-0.15, -0.1) is 0 Å². The Kier molecular flexibility index (Phi) is 8.14. The molecule has 0 spiro atoms. The highest BCUT2D eigenvalue weighted by Crippen LogP contribution is 2.16. The molecule has 0 radical (unpaired) electrons. The molecule has 2 aromatic rings. The molecule has 1 N–H and O–H groups in total. The summed E-state index contributed by atoms with van der Waals surface area (Å²) in [6, 6.07) is 12.8. The van der Waals surface area contributed by atoms with E-state index in [0.717, 1.165) is 5.56 Å². The van der Waals surface area contributed by atoms with Gasteiger partial charge in [0.25, 0.3) is 0 Å². The van der Waals surface area contributed by atoms with Crippen molar-refractivity contribution in [1.29, 1.82) is 5.26 Å². The standard InChI is InChI=1S/C18H17FN2O2.C2H6/c1-12-9-16(6-3-14(12)10-20)21-18(22)13(2)11-23-17-7-4-15(19)5-8-17;1-2/h3-9,13H,11H2,1-2H3,(H,21,22);1-2H3. The third-order valence-electron chi connectivity index (χ3n) is 3.38. The van der Waals surface area contributed by atoms with Gasteiger partial charge in [-0.05, 0) is 55.0 Å². The van der Waals surface area contributed by atoms with Gasteiger partial charge >= 0.3 is 0 Å². The zero-order valence-corrected chi connectivity index (χ0v) is 15.0. The number of nitrogens with zero attached hydrogens (tertiary/aromatic N) is 1. The van der Waals surface area contributed by atoms with Gasteiger partial charge in [0.15, 0.2) is 0 Å². The van der Waals surface area contributed by atoms with E-state index in [4.69, 9.17) is 10.00 Å². The van der Waals surface area contributed by atoms with E-state index in [-0.39, 0.29) is 24.2 Å². The van der Waals surface area contributed by atoms with Crippen LogP contribution in [0.15, 0.2) is 42.5 Å². The van der Waals surface area contributed by atoms with E-state index >= 15 is 0 Å². The average molecular weight is 342 g/mol. The lowest BCUT2D eigenvalue weighted by molar-refractivity contribution is -0.120. The lowest BCUT2D eigenvalue weighted by Gasteiger charge is -2.14. The van der Waals surface area contributed by atoms with Crippen LogP contribution in [0.3, 0.4) is 0 Å². The Labute approximate surface area is 148 Å². The van der Waals surface area contributed by atoms with Crippen LogP contribution in [0.2, 0.25) is 0 Å². The van der Waals surface area contributed by atoms with Crippen LogP contribution < -0.4 is 10.1 Å². The van der Waals surface area contributed by atoms with Crippen molar-refractivity contribution in [3.05, 3.63) is 59.4 Å². The van der Waals surface area contributed by atoms with Gasteiger partial charge in [-0.3, -0.25) is 4.79 Å². The van der Waals surface area contributed by atoms with Crippen molar-refractivity contribution in [3.8, 4) is 11.8 Å². The summed E-state index contributed by atoms with van der Waals surface area (Å²) in [7, 11) is 0. The highest BCUT2D eigenvalue weighted by molar-refractivity contribution is 5.92. The first-order chi connectivity index (χ1) is 12.0. The molecule has 0 saturated heterocycles. The van der Waals surface area contributed by atoms with E-state index in [9.17, 15) is 9.18 Å². The number of nitrogens with one attached hydrogen (secondary N) is 1. The summed E-state index contributed by atoms with van der Waals surface area (Å²) in [4.78, 5) is 12.1. The van der Waals surface area contributed by atoms with E-state index in [2.05, 4.69) is 11.4 Å². The summed E-state index contributed by atoms with van der Waals surface area (Å²) < 4.78 is 18.3. The molecule has 2 aromatic carbocycles. The fourth-order valence-corrected chi connectivity index (χ4v) is 1.96. The number of amides is 1. The number of aryl methyl sites for hydroxylation is 1. The van der Waals surface area contributed by atoms with Crippen molar-refractivity contribution < 1.29 is 13.9 Å². The maximum atomic E-state index is 12.8. The predicted octanol–water partition coefficient (Wildman–Crippen LogP) is 4.69. The normalized spacial score (nSPS) is 10.7. The summed E-state index contributed by atoms with van der Waals surface area (Å²) in [6.07, 6.45) is 0. The second kappa shape index (κ2) is 10.1. The van der Waals surface area contributed by atoms with Gasteiger partial charge in [-0.2, -0.15) is 5.26 Å². The quantitative estimate of drug-likeness (QED) is 0.858. The molecule has 132 valence electrons. The first-order valence-electron chi connectivity index (χ1n) is 8.19. The minimum atomic E-state index is -0.379. The molecule has 0 aliphatic carbocycles. The van der Waals surface area contributed by atoms with E-state index in [0.29, 0.717) is 17.0 Å². The Morgan fingerprint density at radius 1 is 1.24 bits per heavy atom. The molecule has 0 bridgehead atoms. The molecule has 1 atom stereocenters. The van der Waals surface area contributed by atoms with Crippen LogP contribution in [0.5, 0.6) is 5.75 Å². The molecule has 0 saturated carbocycles. The first-order valence-corrected chi connectivity index (χ1v) is 8.19. The van der Waals surface area contributed by atoms with Crippen LogP contribution in [-0.4, -0.2) is 12.5 Å². The SMILES string of the molecule is CC.Cc1cc(NC(=O)C(C)COc2ccc(F)cc2)ccc1C#N. The third-order valence-corrected chi connectivity index (χ3v) is 3.38. The number of rotatable bonds is 5. The van der Waals surface area contributed by atoms with Crippen LogP contribution >= 0.6 is 0 Å². The Balaban J connectivity index is 0.00000151. The number of halogens is 1. The lowest BCUT2D eigenvalue weighted by atomic mass is 10.1. The first kappa shape index (κ1) is 20.2. The molecule has 25 heavy (non-hydrogen) atoms. The minimum absolute atomic E-state index is 0.184. The number of nitriles is 1. The number of hydrogen-bond acceptors (Lipinski definition) is 3. The predicted molar refractivity (Wildman–Crippen MR) is 96.9 cm³/mol. The Morgan fingerprint density at radius 3 is 2.44 bits per heavy atom. The third kappa shape index (κ3) is 6.27. The summed E-state index contributed by atoms with van der Waals surface area (Å²) in [5.41, 5.74) is 2.02. The molecule has 0 aliphatic heterocycles. The molecule has 5 heteroatoms. The van der Waals surface area contributed by atoms with Gasteiger partial charge in [0.1, 0.15) is 11.6 Å². The smallest absolute Gasteiger partial charge is 0.230 e. The molecule has 0 aromatic heterocycles. The van der Waals surface area contributed by atoms with E-state index in [1.165, 1.54) is 24.3 Å². The van der Waals surface area contributed by atoms with Crippen molar-refractivity contribution >= 4 is 11.6 Å². The molecule has 2 rings (SSSR count). The van der Waals surface area contributed by atoms with Crippen molar-refractivity contribution in [3.63, 3.8) is 0 Å². The Bertz CT molecular complexity index is 736. The number of carbonyl (C=O) groups is 1. The molecule has 1 unspecified atom stereocenters. The topological polar surface area (TPSA) is 62.1 Å². The largest absolute Gasteiger partial charge is 0.493 e. The summed E-state index contributed by atoms with van der Waals surface area (Å²) in [5.74, 6) is -0.383. The molecule has 0 aliphatic rings. The minimum Gasteiger partial charge on any atom is -0.493 e. The molecule has 0 fully saturated rings. The van der Waals surface area contributed by atoms with E-state index in [1.807, 2.05) is 20.8 Å². The van der Waals surface area contributed by atoms with Gasteiger partial charge in [0, 0.05) is 5.69 Å². The van der Waals surface area contributed by atoms with Crippen LogP contribution in [0.1, 0.15) is 31.9 Å². The fraction of sp³-hybridized carbons (Fsp3) is 0.300. The van der Waals surface area contributed by atoms with Crippen LogP contribution in [0.25, 0.3) is 0 Å². The van der Waals surface area contributed by atoms with Gasteiger partial charge in [0.05, 0.1) is 24.2 Å². The fourth-order valence-electron chi connectivity index (χ4n) is 1.96. The second-order valence-corrected chi connectivity index (χ2v) is 5.30. The van der Waals surface area contributed by atoms with E-state index in [1.54, 1.807) is 25.1 Å². The van der Waals surface area contributed by atoms with Gasteiger partial charge in [-0.1, -0.05) is 20.8 Å². The lowest BCUT2D eigenvalue weighted by Crippen LogP contribution is -2.25. The zero-order chi connectivity index (χ0) is 18.8. The van der Waals surface area contributed by atoms with Crippen molar-refractivity contribution in [2.24, 2.45) is 5.92 Å². The van der Waals surface area contributed by atoms with Crippen LogP contribution in [0, 0.1) is 30.0 Å². The molecular weight excluding hydrogens is 319 g/mol. The summed E-state index contributed by atoms with van der Waals surface area (Å²) in [5, 5.41) is 11.7. The Hall–Kier alpha value is -2.87. The highest BCUT2D eigenvalue weighted by atomic mass is 19.1. The molecule has 0 heterocycles. The van der Waals surface area contributed by atoms with Crippen LogP contribution in [0.4, 0.5) is 10.1 Å². The molecule has 1 amide bonds. The van der Waals surface area contributed by atoms with Gasteiger partial charge in [-0.25, -0.2) is 4.39 Å². The number of anilines is 1. The zero-order valence-electron chi connectivity index (χ0n) is 15.0. The summed E-state index contributed by atoms with van der Waals surface area (Å²) >= 11 is 0. The second-order valence-electron chi connectivity index (χ2n) is 5.30. The van der Waals surface area contributed by atoms with E-state index < -0.39 is 0 Å². The van der Waals surface area contributed by atoms with Gasteiger partial charge < -0.3 is 10.1 Å².